The Kier molecular flexibility index (Phi) is 4.18. The average Bonchev–Trinajstić information content (AvgIpc) is 2.82. The van der Waals surface area contributed by atoms with Crippen molar-refractivity contribution in [1.29, 1.82) is 5.26 Å². The van der Waals surface area contributed by atoms with Crippen molar-refractivity contribution in [3.8, 4) is 6.07 Å². The molecule has 0 saturated heterocycles. The lowest BCUT2D eigenvalue weighted by atomic mass is 9.96. The number of hydrogen-bond donors (Lipinski definition) is 0. The van der Waals surface area contributed by atoms with E-state index in [9.17, 15) is 5.26 Å². The zero-order valence-corrected chi connectivity index (χ0v) is 13.9. The molecule has 1 aromatic heterocycles. The van der Waals surface area contributed by atoms with Crippen molar-refractivity contribution < 1.29 is 0 Å². The van der Waals surface area contributed by atoms with Gasteiger partial charge in [0.2, 0.25) is 0 Å². The summed E-state index contributed by atoms with van der Waals surface area (Å²) in [6.07, 6.45) is 6.43. The van der Waals surface area contributed by atoms with Gasteiger partial charge in [0.1, 0.15) is 11.1 Å². The van der Waals surface area contributed by atoms with E-state index in [0.717, 1.165) is 29.0 Å². The quantitative estimate of drug-likeness (QED) is 0.532. The number of rotatable bonds is 2. The zero-order valence-electron chi connectivity index (χ0n) is 10.9. The molecule has 1 aliphatic rings. The second-order valence-corrected chi connectivity index (χ2v) is 7.15. The summed E-state index contributed by atoms with van der Waals surface area (Å²) in [7, 11) is 0. The van der Waals surface area contributed by atoms with Gasteiger partial charge in [0.15, 0.2) is 0 Å². The molecule has 0 saturated carbocycles. The Morgan fingerprint density at radius 3 is 2.95 bits per heavy atom. The Bertz CT molecular complexity index is 710. The maximum atomic E-state index is 9.39. The smallest absolute Gasteiger partial charge is 0.134 e. The van der Waals surface area contributed by atoms with E-state index in [1.54, 1.807) is 11.3 Å². The van der Waals surface area contributed by atoms with E-state index >= 15 is 0 Å². The van der Waals surface area contributed by atoms with Crippen molar-refractivity contribution in [3.05, 3.63) is 49.4 Å². The molecular weight excluding hydrogens is 379 g/mol. The number of hydrogen-bond acceptors (Lipinski definition) is 3. The first-order valence-corrected chi connectivity index (χ1v) is 8.52. The maximum absolute atomic E-state index is 9.39. The molecule has 0 aliphatic heterocycles. The van der Waals surface area contributed by atoms with Crippen LogP contribution < -0.4 is 0 Å². The molecule has 3 rings (SSSR count). The van der Waals surface area contributed by atoms with E-state index in [-0.39, 0.29) is 0 Å². The Morgan fingerprint density at radius 2 is 2.15 bits per heavy atom. The van der Waals surface area contributed by atoms with Gasteiger partial charge in [0, 0.05) is 14.7 Å². The number of aliphatic imine (C=N–C) groups is 1. The van der Waals surface area contributed by atoms with Gasteiger partial charge in [-0.05, 0) is 71.5 Å². The predicted octanol–water partition coefficient (Wildman–Crippen LogP) is 4.85. The van der Waals surface area contributed by atoms with Crippen molar-refractivity contribution in [2.75, 3.05) is 0 Å². The van der Waals surface area contributed by atoms with Crippen LogP contribution in [0.15, 0.2) is 29.3 Å². The minimum absolute atomic E-state index is 0.798. The van der Waals surface area contributed by atoms with Crippen LogP contribution in [0, 0.1) is 14.9 Å². The molecule has 1 aliphatic carbocycles. The highest BCUT2D eigenvalue weighted by atomic mass is 127. The molecule has 0 spiro atoms. The Morgan fingerprint density at radius 1 is 1.30 bits per heavy atom. The number of nitriles is 1. The van der Waals surface area contributed by atoms with Crippen LogP contribution in [0.5, 0.6) is 0 Å². The van der Waals surface area contributed by atoms with E-state index in [2.05, 4.69) is 45.8 Å². The summed E-state index contributed by atoms with van der Waals surface area (Å²) in [5.74, 6) is 0. The van der Waals surface area contributed by atoms with Gasteiger partial charge in [0.05, 0.1) is 5.56 Å². The molecule has 20 heavy (non-hydrogen) atoms. The van der Waals surface area contributed by atoms with E-state index in [1.165, 1.54) is 26.9 Å². The van der Waals surface area contributed by atoms with E-state index in [1.807, 2.05) is 18.3 Å². The largest absolute Gasteiger partial charge is 0.244 e. The zero-order chi connectivity index (χ0) is 13.9. The third-order valence-corrected chi connectivity index (χ3v) is 5.31. The van der Waals surface area contributed by atoms with Crippen LogP contribution >= 0.6 is 33.9 Å². The number of aryl methyl sites for hydroxylation is 1. The van der Waals surface area contributed by atoms with Crippen molar-refractivity contribution in [2.24, 2.45) is 4.99 Å². The Balaban J connectivity index is 1.95. The number of nitrogens with zero attached hydrogens (tertiary/aromatic N) is 2. The average molecular weight is 392 g/mol. The molecule has 0 N–H and O–H groups in total. The van der Waals surface area contributed by atoms with Gasteiger partial charge in [-0.1, -0.05) is 12.1 Å². The minimum atomic E-state index is 0.798. The third kappa shape index (κ3) is 2.79. The van der Waals surface area contributed by atoms with E-state index < -0.39 is 0 Å². The van der Waals surface area contributed by atoms with E-state index in [4.69, 9.17) is 0 Å². The molecule has 100 valence electrons. The molecule has 0 atom stereocenters. The molecule has 0 bridgehead atoms. The minimum Gasteiger partial charge on any atom is -0.244 e. The van der Waals surface area contributed by atoms with Crippen molar-refractivity contribution >= 4 is 45.1 Å². The summed E-state index contributed by atoms with van der Waals surface area (Å²) in [4.78, 5) is 5.92. The van der Waals surface area contributed by atoms with Crippen LogP contribution in [-0.4, -0.2) is 6.21 Å². The molecule has 1 heterocycles. The lowest BCUT2D eigenvalue weighted by Gasteiger charge is -2.09. The van der Waals surface area contributed by atoms with Crippen LogP contribution in [-0.2, 0) is 12.8 Å². The molecule has 0 unspecified atom stereocenters. The standard InChI is InChI=1S/C16H13IN2S/c17-12-5-3-4-11(8-12)10-19-16-14(9-18)13-6-1-2-7-15(13)20-16/h3-5,8,10H,1-2,6-7H2. The normalized spacial score (nSPS) is 14.2. The van der Waals surface area contributed by atoms with Gasteiger partial charge in [0.25, 0.3) is 0 Å². The fourth-order valence-corrected chi connectivity index (χ4v) is 4.23. The summed E-state index contributed by atoms with van der Waals surface area (Å²) >= 11 is 3.98. The summed E-state index contributed by atoms with van der Waals surface area (Å²) in [5, 5.41) is 10.3. The van der Waals surface area contributed by atoms with Crippen LogP contribution in [0.1, 0.15) is 34.4 Å². The first-order valence-electron chi connectivity index (χ1n) is 6.62. The monoisotopic (exact) mass is 392 g/mol. The van der Waals surface area contributed by atoms with Crippen molar-refractivity contribution in [2.45, 2.75) is 25.7 Å². The molecule has 0 amide bonds. The van der Waals surface area contributed by atoms with Gasteiger partial charge in [-0.15, -0.1) is 11.3 Å². The molecule has 0 radical (unpaired) electrons. The summed E-state index contributed by atoms with van der Waals surface area (Å²) in [6.45, 7) is 0. The van der Waals surface area contributed by atoms with E-state index in [0.29, 0.717) is 0 Å². The van der Waals surface area contributed by atoms with Gasteiger partial charge >= 0.3 is 0 Å². The molecule has 4 heteroatoms. The van der Waals surface area contributed by atoms with Crippen LogP contribution in [0.3, 0.4) is 0 Å². The Labute approximate surface area is 136 Å². The molecule has 0 fully saturated rings. The number of fused-ring (bicyclic) bond motifs is 1. The summed E-state index contributed by atoms with van der Waals surface area (Å²) in [5.41, 5.74) is 3.12. The van der Waals surface area contributed by atoms with Crippen LogP contribution in [0.25, 0.3) is 0 Å². The SMILES string of the molecule is N#Cc1c(N=Cc2cccc(I)c2)sc2c1CCCC2. The summed E-state index contributed by atoms with van der Waals surface area (Å²) in [6, 6.07) is 10.5. The van der Waals surface area contributed by atoms with Crippen LogP contribution in [0.4, 0.5) is 5.00 Å². The second-order valence-electron chi connectivity index (χ2n) is 4.82. The second kappa shape index (κ2) is 6.06. The number of halogens is 1. The summed E-state index contributed by atoms with van der Waals surface area (Å²) < 4.78 is 1.19. The van der Waals surface area contributed by atoms with Gasteiger partial charge in [-0.2, -0.15) is 5.26 Å². The Hall–Kier alpha value is -1.19. The fourth-order valence-electron chi connectivity index (χ4n) is 2.48. The molecular formula is C16H13IN2S. The third-order valence-electron chi connectivity index (χ3n) is 3.44. The van der Waals surface area contributed by atoms with Gasteiger partial charge in [-0.25, -0.2) is 4.99 Å². The number of benzene rings is 1. The predicted molar refractivity (Wildman–Crippen MR) is 92.1 cm³/mol. The van der Waals surface area contributed by atoms with Crippen LogP contribution in [0.2, 0.25) is 0 Å². The lowest BCUT2D eigenvalue weighted by molar-refractivity contribution is 0.696. The van der Waals surface area contributed by atoms with Crippen molar-refractivity contribution in [1.82, 2.24) is 0 Å². The van der Waals surface area contributed by atoms with Gasteiger partial charge in [-0.3, -0.25) is 0 Å². The molecule has 1 aromatic carbocycles. The fraction of sp³-hybridized carbons (Fsp3) is 0.250. The van der Waals surface area contributed by atoms with Crippen molar-refractivity contribution in [3.63, 3.8) is 0 Å². The topological polar surface area (TPSA) is 36.1 Å². The maximum Gasteiger partial charge on any atom is 0.134 e. The highest BCUT2D eigenvalue weighted by Crippen LogP contribution is 2.39. The number of thiophene rings is 1. The lowest BCUT2D eigenvalue weighted by Crippen LogP contribution is -1.99. The first kappa shape index (κ1) is 13.8. The highest BCUT2D eigenvalue weighted by Gasteiger charge is 2.19. The first-order chi connectivity index (χ1) is 9.78. The molecule has 2 aromatic rings. The highest BCUT2D eigenvalue weighted by molar-refractivity contribution is 14.1. The van der Waals surface area contributed by atoms with Gasteiger partial charge < -0.3 is 0 Å². The molecule has 2 nitrogen and oxygen atoms in total.